The second kappa shape index (κ2) is 9.45. The van der Waals surface area contributed by atoms with E-state index >= 15 is 0 Å². The first kappa shape index (κ1) is 21.9. The van der Waals surface area contributed by atoms with E-state index in [1.807, 2.05) is 25.1 Å². The van der Waals surface area contributed by atoms with Crippen LogP contribution in [0, 0.1) is 6.92 Å². The molecule has 3 aromatic rings. The molecular weight excluding hydrogens is 429 g/mol. The molecule has 0 radical (unpaired) electrons. The number of hydrogen-bond donors (Lipinski definition) is 3. The molecule has 2 aromatic heterocycles. The summed E-state index contributed by atoms with van der Waals surface area (Å²) >= 11 is 1.18. The molecule has 4 rings (SSSR count). The van der Waals surface area contributed by atoms with Gasteiger partial charge in [0, 0.05) is 30.0 Å². The zero-order valence-corrected chi connectivity index (χ0v) is 18.2. The van der Waals surface area contributed by atoms with Crippen LogP contribution in [0.3, 0.4) is 0 Å². The second-order valence-electron chi connectivity index (χ2n) is 7.66. The van der Waals surface area contributed by atoms with Crippen molar-refractivity contribution in [3.05, 3.63) is 64.7 Å². The first-order valence-electron chi connectivity index (χ1n) is 10.1. The van der Waals surface area contributed by atoms with Gasteiger partial charge in [0.05, 0.1) is 12.1 Å². The van der Waals surface area contributed by atoms with Crippen LogP contribution in [0.1, 0.15) is 35.1 Å². The molecule has 1 aliphatic heterocycles. The highest BCUT2D eigenvalue weighted by atomic mass is 32.1. The third kappa shape index (κ3) is 4.95. The summed E-state index contributed by atoms with van der Waals surface area (Å²) in [5, 5.41) is 15.2. The normalized spacial score (nSPS) is 16.1. The van der Waals surface area contributed by atoms with Crippen molar-refractivity contribution < 1.29 is 19.3 Å². The van der Waals surface area contributed by atoms with Crippen molar-refractivity contribution in [2.45, 2.75) is 38.0 Å². The van der Waals surface area contributed by atoms with Gasteiger partial charge in [0.1, 0.15) is 17.6 Å². The average Bonchev–Trinajstić information content (AvgIpc) is 3.20. The fourth-order valence-electron chi connectivity index (χ4n) is 3.72. The maximum atomic E-state index is 13.2. The first-order chi connectivity index (χ1) is 15.4. The SMILES string of the molecule is Cc1cccc2c1OB(O)[C@@H](CC(=O)C(NC(=O)Cc1ncccn1)c1csc(N)n1)C2. The maximum Gasteiger partial charge on any atom is 0.526 e. The van der Waals surface area contributed by atoms with Crippen molar-refractivity contribution in [2.75, 3.05) is 5.73 Å². The number of nitrogens with two attached hydrogens (primary N) is 1. The average molecular weight is 451 g/mol. The molecule has 0 saturated heterocycles. The van der Waals surface area contributed by atoms with Crippen molar-refractivity contribution >= 4 is 35.3 Å². The molecule has 1 amide bonds. The fourth-order valence-corrected chi connectivity index (χ4v) is 4.31. The summed E-state index contributed by atoms with van der Waals surface area (Å²) in [6.45, 7) is 1.91. The molecule has 1 unspecified atom stereocenters. The number of aromatic nitrogens is 3. The number of para-hydroxylation sites is 1. The number of amides is 1. The quantitative estimate of drug-likeness (QED) is 0.461. The number of carbonyl (C=O) groups excluding carboxylic acids is 2. The lowest BCUT2D eigenvalue weighted by Crippen LogP contribution is -2.39. The molecule has 11 heteroatoms. The Hall–Kier alpha value is -3.31. The van der Waals surface area contributed by atoms with Crippen LogP contribution in [-0.2, 0) is 22.4 Å². The summed E-state index contributed by atoms with van der Waals surface area (Å²) in [5.74, 6) is -0.158. The highest BCUT2D eigenvalue weighted by Crippen LogP contribution is 2.36. The molecule has 0 bridgehead atoms. The molecular formula is C21H22BN5O4S. The van der Waals surface area contributed by atoms with Crippen LogP contribution in [0.15, 0.2) is 42.0 Å². The van der Waals surface area contributed by atoms with E-state index in [2.05, 4.69) is 20.3 Å². The highest BCUT2D eigenvalue weighted by Gasteiger charge is 2.38. The number of hydrogen-bond acceptors (Lipinski definition) is 9. The number of fused-ring (bicyclic) bond motifs is 1. The molecule has 1 aliphatic rings. The van der Waals surface area contributed by atoms with Gasteiger partial charge in [0.25, 0.3) is 0 Å². The lowest BCUT2D eigenvalue weighted by atomic mass is 9.64. The molecule has 9 nitrogen and oxygen atoms in total. The Morgan fingerprint density at radius 1 is 1.34 bits per heavy atom. The monoisotopic (exact) mass is 451 g/mol. The number of Topliss-reactive ketones (excluding diaryl/α,β-unsaturated/α-hetero) is 1. The van der Waals surface area contributed by atoms with Crippen LogP contribution in [0.2, 0.25) is 5.82 Å². The number of thiazole rings is 1. The van der Waals surface area contributed by atoms with Crippen LogP contribution in [0.25, 0.3) is 0 Å². The van der Waals surface area contributed by atoms with Gasteiger partial charge in [-0.15, -0.1) is 11.3 Å². The Morgan fingerprint density at radius 3 is 2.84 bits per heavy atom. The molecule has 2 atom stereocenters. The largest absolute Gasteiger partial charge is 0.536 e. The van der Waals surface area contributed by atoms with Gasteiger partial charge in [0.2, 0.25) is 5.91 Å². The van der Waals surface area contributed by atoms with Gasteiger partial charge in [0.15, 0.2) is 10.9 Å². The minimum Gasteiger partial charge on any atom is -0.536 e. The summed E-state index contributed by atoms with van der Waals surface area (Å²) in [7, 11) is -1.12. The number of anilines is 1. The van der Waals surface area contributed by atoms with Crippen molar-refractivity contribution in [2.24, 2.45) is 0 Å². The number of rotatable bonds is 7. The molecule has 0 aliphatic carbocycles. The molecule has 1 aromatic carbocycles. The Kier molecular flexibility index (Phi) is 6.47. The van der Waals surface area contributed by atoms with Crippen LogP contribution >= 0.6 is 11.3 Å². The Morgan fingerprint density at radius 2 is 2.12 bits per heavy atom. The zero-order valence-electron chi connectivity index (χ0n) is 17.4. The number of ketones is 1. The molecule has 0 saturated carbocycles. The lowest BCUT2D eigenvalue weighted by Gasteiger charge is -2.29. The summed E-state index contributed by atoms with van der Waals surface area (Å²) in [6, 6.07) is 6.41. The minimum absolute atomic E-state index is 0.00123. The number of carbonyl (C=O) groups is 2. The molecule has 0 fully saturated rings. The minimum atomic E-state index is -1.12. The molecule has 3 heterocycles. The van der Waals surface area contributed by atoms with Gasteiger partial charge in [-0.2, -0.15) is 0 Å². The van der Waals surface area contributed by atoms with E-state index < -0.39 is 24.9 Å². The number of benzene rings is 1. The predicted octanol–water partition coefficient (Wildman–Crippen LogP) is 1.67. The van der Waals surface area contributed by atoms with Gasteiger partial charge in [-0.05, 0) is 30.5 Å². The Balaban J connectivity index is 1.50. The molecule has 164 valence electrons. The van der Waals surface area contributed by atoms with Gasteiger partial charge < -0.3 is 20.7 Å². The number of nitrogen functional groups attached to an aromatic ring is 1. The predicted molar refractivity (Wildman–Crippen MR) is 120 cm³/mol. The van der Waals surface area contributed by atoms with Crippen molar-refractivity contribution in [1.82, 2.24) is 20.3 Å². The standard InChI is InChI=1S/C21H22BN5O4S/c1-12-4-2-5-13-8-14(22(30)31-20(12)13)9-16(28)19(15-11-32-21(23)26-15)27-18(29)10-17-24-6-3-7-25-17/h2-7,11,14,19,30H,8-10H2,1H3,(H2,23,26)(H,27,29)/t14-,19?/m1/s1. The van der Waals surface area contributed by atoms with E-state index in [-0.39, 0.29) is 18.6 Å². The third-order valence-electron chi connectivity index (χ3n) is 5.28. The van der Waals surface area contributed by atoms with E-state index in [0.717, 1.165) is 11.1 Å². The lowest BCUT2D eigenvalue weighted by molar-refractivity contribution is -0.127. The molecule has 0 spiro atoms. The topological polar surface area (TPSA) is 140 Å². The van der Waals surface area contributed by atoms with Crippen LogP contribution in [0.4, 0.5) is 5.13 Å². The summed E-state index contributed by atoms with van der Waals surface area (Å²) in [5.41, 5.74) is 7.98. The van der Waals surface area contributed by atoms with Crippen LogP contribution in [0.5, 0.6) is 5.75 Å². The number of nitrogens with one attached hydrogen (secondary N) is 1. The van der Waals surface area contributed by atoms with Crippen LogP contribution < -0.4 is 15.7 Å². The molecule has 32 heavy (non-hydrogen) atoms. The Bertz CT molecular complexity index is 1130. The third-order valence-corrected chi connectivity index (χ3v) is 5.97. The van der Waals surface area contributed by atoms with Crippen LogP contribution in [-0.4, -0.2) is 38.8 Å². The van der Waals surface area contributed by atoms with E-state index in [4.69, 9.17) is 10.4 Å². The van der Waals surface area contributed by atoms with Crippen molar-refractivity contribution in [3.8, 4) is 5.75 Å². The number of aryl methyl sites for hydroxylation is 1. The van der Waals surface area contributed by atoms with E-state index in [0.29, 0.717) is 28.8 Å². The highest BCUT2D eigenvalue weighted by molar-refractivity contribution is 7.13. The second-order valence-corrected chi connectivity index (χ2v) is 8.55. The number of nitrogens with zero attached hydrogens (tertiary/aromatic N) is 3. The summed E-state index contributed by atoms with van der Waals surface area (Å²) in [4.78, 5) is 38.1. The zero-order chi connectivity index (χ0) is 22.7. The van der Waals surface area contributed by atoms with Gasteiger partial charge >= 0.3 is 7.12 Å². The summed E-state index contributed by atoms with van der Waals surface area (Å²) < 4.78 is 5.69. The van der Waals surface area contributed by atoms with Crippen molar-refractivity contribution in [1.29, 1.82) is 0 Å². The molecule has 4 N–H and O–H groups in total. The van der Waals surface area contributed by atoms with Gasteiger partial charge in [-0.25, -0.2) is 15.0 Å². The maximum absolute atomic E-state index is 13.2. The van der Waals surface area contributed by atoms with Gasteiger partial charge in [-0.3, -0.25) is 9.59 Å². The van der Waals surface area contributed by atoms with E-state index in [9.17, 15) is 14.6 Å². The summed E-state index contributed by atoms with van der Waals surface area (Å²) in [6.07, 6.45) is 3.50. The van der Waals surface area contributed by atoms with E-state index in [1.54, 1.807) is 23.8 Å². The Labute approximate surface area is 189 Å². The first-order valence-corrected chi connectivity index (χ1v) is 11.0. The smallest absolute Gasteiger partial charge is 0.526 e. The van der Waals surface area contributed by atoms with Crippen molar-refractivity contribution in [3.63, 3.8) is 0 Å². The van der Waals surface area contributed by atoms with Gasteiger partial charge in [-0.1, -0.05) is 18.2 Å². The van der Waals surface area contributed by atoms with E-state index in [1.165, 1.54) is 11.3 Å². The fraction of sp³-hybridized carbons (Fsp3) is 0.286.